The molecule has 2 saturated heterocycles. The average molecular weight is 210 g/mol. The third-order valence-electron chi connectivity index (χ3n) is 4.24. The Morgan fingerprint density at radius 1 is 1.47 bits per heavy atom. The summed E-state index contributed by atoms with van der Waals surface area (Å²) < 4.78 is 0. The normalized spacial score (nSPS) is 38.0. The van der Waals surface area contributed by atoms with Gasteiger partial charge in [-0.15, -0.1) is 0 Å². The molecule has 0 aromatic rings. The first kappa shape index (κ1) is 11.4. The molecule has 0 aromatic heterocycles. The van der Waals surface area contributed by atoms with Crippen molar-refractivity contribution in [1.29, 1.82) is 0 Å². The molecule has 0 aliphatic carbocycles. The van der Waals surface area contributed by atoms with Crippen LogP contribution in [0.15, 0.2) is 0 Å². The van der Waals surface area contributed by atoms with Gasteiger partial charge in [0.05, 0.1) is 0 Å². The van der Waals surface area contributed by atoms with Gasteiger partial charge in [0.1, 0.15) is 0 Å². The molecule has 2 heterocycles. The Morgan fingerprint density at radius 2 is 2.27 bits per heavy atom. The molecule has 2 atom stereocenters. The van der Waals surface area contributed by atoms with Gasteiger partial charge in [0, 0.05) is 18.1 Å². The van der Waals surface area contributed by atoms with Gasteiger partial charge in [0.25, 0.3) is 0 Å². The minimum absolute atomic E-state index is 0.456. The van der Waals surface area contributed by atoms with E-state index in [0.717, 1.165) is 12.0 Å². The molecule has 2 rings (SSSR count). The Labute approximate surface area is 94.4 Å². The van der Waals surface area contributed by atoms with Crippen molar-refractivity contribution in [2.45, 2.75) is 58.0 Å². The molecule has 2 aliphatic rings. The Hall–Kier alpha value is -0.0800. The molecule has 2 unspecified atom stereocenters. The molecule has 2 fully saturated rings. The molecule has 2 nitrogen and oxygen atoms in total. The van der Waals surface area contributed by atoms with E-state index in [-0.39, 0.29) is 0 Å². The topological polar surface area (TPSA) is 15.3 Å². The monoisotopic (exact) mass is 210 g/mol. The standard InChI is InChI=1S/C13H26N2/c1-11(2)15-8-5-12(10-15)9-13(3)6-4-7-14-13/h11-12,14H,4-10H2,1-3H3. The molecular formula is C13H26N2. The third kappa shape index (κ3) is 2.73. The summed E-state index contributed by atoms with van der Waals surface area (Å²) in [6, 6.07) is 0.736. The van der Waals surface area contributed by atoms with Gasteiger partial charge in [-0.2, -0.15) is 0 Å². The van der Waals surface area contributed by atoms with Crippen LogP contribution >= 0.6 is 0 Å². The lowest BCUT2D eigenvalue weighted by atomic mass is 9.87. The first-order valence-electron chi connectivity index (χ1n) is 6.58. The molecule has 0 amide bonds. The molecule has 88 valence electrons. The van der Waals surface area contributed by atoms with Crippen molar-refractivity contribution < 1.29 is 0 Å². The SMILES string of the molecule is CC(C)N1CCC(CC2(C)CCCN2)C1. The van der Waals surface area contributed by atoms with Crippen molar-refractivity contribution in [3.05, 3.63) is 0 Å². The number of likely N-dealkylation sites (tertiary alicyclic amines) is 1. The predicted molar refractivity (Wildman–Crippen MR) is 65.1 cm³/mol. The molecule has 0 saturated carbocycles. The molecule has 0 aromatic carbocycles. The third-order valence-corrected chi connectivity index (χ3v) is 4.24. The number of hydrogen-bond donors (Lipinski definition) is 1. The van der Waals surface area contributed by atoms with E-state index < -0.39 is 0 Å². The molecule has 2 aliphatic heterocycles. The van der Waals surface area contributed by atoms with E-state index in [1.807, 2.05) is 0 Å². The van der Waals surface area contributed by atoms with E-state index >= 15 is 0 Å². The van der Waals surface area contributed by atoms with Gasteiger partial charge < -0.3 is 10.2 Å². The van der Waals surface area contributed by atoms with E-state index in [0.29, 0.717) is 5.54 Å². The minimum atomic E-state index is 0.456. The molecule has 2 heteroatoms. The fourth-order valence-electron chi connectivity index (χ4n) is 3.27. The maximum atomic E-state index is 3.69. The highest BCUT2D eigenvalue weighted by molar-refractivity contribution is 4.92. The largest absolute Gasteiger partial charge is 0.312 e. The summed E-state index contributed by atoms with van der Waals surface area (Å²) in [5, 5.41) is 3.69. The van der Waals surface area contributed by atoms with Crippen molar-refractivity contribution in [2.24, 2.45) is 5.92 Å². The fraction of sp³-hybridized carbons (Fsp3) is 1.00. The van der Waals surface area contributed by atoms with E-state index in [2.05, 4.69) is 31.0 Å². The molecule has 0 radical (unpaired) electrons. The summed E-state index contributed by atoms with van der Waals surface area (Å²) >= 11 is 0. The highest BCUT2D eigenvalue weighted by atomic mass is 15.2. The zero-order chi connectivity index (χ0) is 10.9. The molecule has 15 heavy (non-hydrogen) atoms. The Bertz CT molecular complexity index is 207. The summed E-state index contributed by atoms with van der Waals surface area (Å²) in [7, 11) is 0. The Morgan fingerprint density at radius 3 is 2.80 bits per heavy atom. The Balaban J connectivity index is 1.81. The van der Waals surface area contributed by atoms with Gasteiger partial charge in [0.2, 0.25) is 0 Å². The van der Waals surface area contributed by atoms with Crippen molar-refractivity contribution in [3.63, 3.8) is 0 Å². The van der Waals surface area contributed by atoms with E-state index in [1.54, 1.807) is 0 Å². The smallest absolute Gasteiger partial charge is 0.0156 e. The van der Waals surface area contributed by atoms with Gasteiger partial charge in [-0.25, -0.2) is 0 Å². The molecule has 0 bridgehead atoms. The van der Waals surface area contributed by atoms with Gasteiger partial charge in [-0.3, -0.25) is 0 Å². The molecule has 1 N–H and O–H groups in total. The summed E-state index contributed by atoms with van der Waals surface area (Å²) in [6.07, 6.45) is 5.55. The van der Waals surface area contributed by atoms with Crippen LogP contribution in [0.3, 0.4) is 0 Å². The van der Waals surface area contributed by atoms with Crippen LogP contribution in [0.25, 0.3) is 0 Å². The van der Waals surface area contributed by atoms with E-state index in [4.69, 9.17) is 0 Å². The van der Waals surface area contributed by atoms with Crippen LogP contribution in [0.4, 0.5) is 0 Å². The maximum Gasteiger partial charge on any atom is 0.0156 e. The highest BCUT2D eigenvalue weighted by Gasteiger charge is 2.34. The minimum Gasteiger partial charge on any atom is -0.312 e. The molecule has 0 spiro atoms. The first-order valence-corrected chi connectivity index (χ1v) is 6.58. The van der Waals surface area contributed by atoms with Crippen LogP contribution < -0.4 is 5.32 Å². The number of hydrogen-bond acceptors (Lipinski definition) is 2. The molecular weight excluding hydrogens is 184 g/mol. The lowest BCUT2D eigenvalue weighted by Crippen LogP contribution is -2.39. The van der Waals surface area contributed by atoms with Gasteiger partial charge in [-0.1, -0.05) is 0 Å². The van der Waals surface area contributed by atoms with Crippen LogP contribution in [0.2, 0.25) is 0 Å². The van der Waals surface area contributed by atoms with E-state index in [9.17, 15) is 0 Å². The van der Waals surface area contributed by atoms with Crippen molar-refractivity contribution in [2.75, 3.05) is 19.6 Å². The number of rotatable bonds is 3. The maximum absolute atomic E-state index is 3.69. The second-order valence-corrected chi connectivity index (χ2v) is 6.04. The zero-order valence-corrected chi connectivity index (χ0v) is 10.6. The Kier molecular flexibility index (Phi) is 3.36. The zero-order valence-electron chi connectivity index (χ0n) is 10.6. The van der Waals surface area contributed by atoms with Crippen LogP contribution in [0.5, 0.6) is 0 Å². The second-order valence-electron chi connectivity index (χ2n) is 6.04. The fourth-order valence-corrected chi connectivity index (χ4v) is 3.27. The van der Waals surface area contributed by atoms with Gasteiger partial charge in [-0.05, 0) is 65.5 Å². The van der Waals surface area contributed by atoms with Crippen LogP contribution in [-0.2, 0) is 0 Å². The summed E-state index contributed by atoms with van der Waals surface area (Å²) in [6.45, 7) is 10.9. The van der Waals surface area contributed by atoms with Crippen LogP contribution in [0.1, 0.15) is 46.5 Å². The summed E-state index contributed by atoms with van der Waals surface area (Å²) in [5.41, 5.74) is 0.456. The van der Waals surface area contributed by atoms with Crippen LogP contribution in [0, 0.1) is 5.92 Å². The highest BCUT2D eigenvalue weighted by Crippen LogP contribution is 2.31. The van der Waals surface area contributed by atoms with Crippen molar-refractivity contribution in [1.82, 2.24) is 10.2 Å². The quantitative estimate of drug-likeness (QED) is 0.768. The van der Waals surface area contributed by atoms with Crippen LogP contribution in [-0.4, -0.2) is 36.1 Å². The summed E-state index contributed by atoms with van der Waals surface area (Å²) in [4.78, 5) is 2.63. The summed E-state index contributed by atoms with van der Waals surface area (Å²) in [5.74, 6) is 0.933. The van der Waals surface area contributed by atoms with Crippen molar-refractivity contribution >= 4 is 0 Å². The second kappa shape index (κ2) is 4.42. The predicted octanol–water partition coefficient (Wildman–Crippen LogP) is 2.25. The average Bonchev–Trinajstić information content (AvgIpc) is 2.75. The lowest BCUT2D eigenvalue weighted by molar-refractivity contribution is 0.246. The van der Waals surface area contributed by atoms with E-state index in [1.165, 1.54) is 45.3 Å². The van der Waals surface area contributed by atoms with Gasteiger partial charge in [0.15, 0.2) is 0 Å². The number of nitrogens with one attached hydrogen (secondary N) is 1. The lowest BCUT2D eigenvalue weighted by Gasteiger charge is -2.28. The van der Waals surface area contributed by atoms with Gasteiger partial charge >= 0.3 is 0 Å². The van der Waals surface area contributed by atoms with Crippen molar-refractivity contribution in [3.8, 4) is 0 Å². The first-order chi connectivity index (χ1) is 7.09. The number of nitrogens with zero attached hydrogens (tertiary/aromatic N) is 1.